The summed E-state index contributed by atoms with van der Waals surface area (Å²) in [6.07, 6.45) is 10.5. The number of pyridine rings is 2. The van der Waals surface area contributed by atoms with E-state index in [0.717, 1.165) is 31.5 Å². The van der Waals surface area contributed by atoms with Gasteiger partial charge in [-0.05, 0) is 44.2 Å². The Kier molecular flexibility index (Phi) is 6.88. The maximum atomic E-state index is 12.5. The average molecular weight is 440 g/mol. The molecule has 3 heterocycles. The van der Waals surface area contributed by atoms with Gasteiger partial charge in [0.15, 0.2) is 0 Å². The number of nitrogens with zero attached hydrogens (tertiary/aromatic N) is 4. The number of hydrogen-bond donors (Lipinski definition) is 3. The number of anilines is 3. The third-order valence-electron chi connectivity index (χ3n) is 5.73. The van der Waals surface area contributed by atoms with Crippen molar-refractivity contribution in [3.63, 3.8) is 0 Å². The molecular weight excluding hydrogens is 410 g/mol. The van der Waals surface area contributed by atoms with Crippen molar-refractivity contribution in [3.8, 4) is 5.88 Å². The second-order valence-corrected chi connectivity index (χ2v) is 7.99. The molecule has 32 heavy (non-hydrogen) atoms. The fraction of sp³-hybridized carbons (Fsp3) is 0.455. The van der Waals surface area contributed by atoms with Gasteiger partial charge in [0.25, 0.3) is 0 Å². The Morgan fingerprint density at radius 2 is 2.09 bits per heavy atom. The highest BCUT2D eigenvalue weighted by molar-refractivity contribution is 5.93. The molecule has 2 aromatic rings. The summed E-state index contributed by atoms with van der Waals surface area (Å²) >= 11 is 0. The molecule has 2 fully saturated rings. The van der Waals surface area contributed by atoms with Crippen LogP contribution in [0.1, 0.15) is 37.7 Å². The molecule has 0 bridgehead atoms. The van der Waals surface area contributed by atoms with Crippen LogP contribution in [-0.4, -0.2) is 54.6 Å². The van der Waals surface area contributed by atoms with Gasteiger partial charge in [-0.25, -0.2) is 14.8 Å². The molecule has 1 unspecified atom stereocenters. The molecule has 2 amide bonds. The van der Waals surface area contributed by atoms with Crippen LogP contribution in [0.2, 0.25) is 0 Å². The molecule has 2 aromatic heterocycles. The molecule has 1 saturated carbocycles. The van der Waals surface area contributed by atoms with Gasteiger partial charge in [-0.1, -0.05) is 5.16 Å². The van der Waals surface area contributed by atoms with E-state index >= 15 is 0 Å². The zero-order valence-corrected chi connectivity index (χ0v) is 18.2. The van der Waals surface area contributed by atoms with Gasteiger partial charge in [0.1, 0.15) is 19.0 Å². The predicted octanol–water partition coefficient (Wildman–Crippen LogP) is 2.76. The number of ether oxygens (including phenoxy) is 1. The normalized spacial score (nSPS) is 18.8. The molecule has 1 atom stereocenters. The SMILES string of the molecule is CO/N=C\c1c(N2CCC(NC(=O)Nc3ccc(OC4CCCC4)nc3)C2)ccnc1N. The number of hydrogen-bond acceptors (Lipinski definition) is 8. The van der Waals surface area contributed by atoms with Crippen LogP contribution in [0, 0.1) is 0 Å². The molecule has 1 aliphatic heterocycles. The fourth-order valence-corrected chi connectivity index (χ4v) is 4.14. The van der Waals surface area contributed by atoms with Crippen LogP contribution < -0.4 is 26.0 Å². The van der Waals surface area contributed by atoms with Crippen molar-refractivity contribution in [1.82, 2.24) is 15.3 Å². The van der Waals surface area contributed by atoms with Crippen LogP contribution in [0.3, 0.4) is 0 Å². The van der Waals surface area contributed by atoms with Crippen molar-refractivity contribution in [2.24, 2.45) is 5.16 Å². The zero-order chi connectivity index (χ0) is 22.3. The van der Waals surface area contributed by atoms with Crippen LogP contribution in [0.5, 0.6) is 5.88 Å². The van der Waals surface area contributed by atoms with Gasteiger partial charge in [-0.15, -0.1) is 0 Å². The highest BCUT2D eigenvalue weighted by Crippen LogP contribution is 2.26. The summed E-state index contributed by atoms with van der Waals surface area (Å²) in [6.45, 7) is 1.42. The number of aromatic nitrogens is 2. The first-order chi connectivity index (χ1) is 15.6. The summed E-state index contributed by atoms with van der Waals surface area (Å²) in [5.74, 6) is 0.976. The Labute approximate surface area is 187 Å². The lowest BCUT2D eigenvalue weighted by Gasteiger charge is -2.21. The minimum absolute atomic E-state index is 0.00506. The first-order valence-corrected chi connectivity index (χ1v) is 10.9. The molecule has 1 aliphatic carbocycles. The minimum Gasteiger partial charge on any atom is -0.474 e. The third kappa shape index (κ3) is 5.37. The van der Waals surface area contributed by atoms with E-state index in [1.807, 2.05) is 6.07 Å². The number of carbonyl (C=O) groups is 1. The molecule has 4 rings (SSSR count). The van der Waals surface area contributed by atoms with Gasteiger partial charge in [0, 0.05) is 31.4 Å². The van der Waals surface area contributed by atoms with Crippen molar-refractivity contribution in [2.75, 3.05) is 36.1 Å². The maximum absolute atomic E-state index is 12.5. The van der Waals surface area contributed by atoms with E-state index in [1.165, 1.54) is 20.0 Å². The molecule has 0 aromatic carbocycles. The number of urea groups is 1. The van der Waals surface area contributed by atoms with Crippen molar-refractivity contribution < 1.29 is 14.4 Å². The highest BCUT2D eigenvalue weighted by Gasteiger charge is 2.26. The van der Waals surface area contributed by atoms with Gasteiger partial charge >= 0.3 is 6.03 Å². The number of amides is 2. The van der Waals surface area contributed by atoms with E-state index < -0.39 is 0 Å². The number of nitrogens with one attached hydrogen (secondary N) is 2. The van der Waals surface area contributed by atoms with E-state index in [1.54, 1.807) is 30.7 Å². The molecular formula is C22H29N7O3. The van der Waals surface area contributed by atoms with E-state index in [4.69, 9.17) is 15.3 Å². The van der Waals surface area contributed by atoms with Crippen molar-refractivity contribution in [2.45, 2.75) is 44.2 Å². The van der Waals surface area contributed by atoms with Crippen LogP contribution in [0.4, 0.5) is 22.0 Å². The predicted molar refractivity (Wildman–Crippen MR) is 123 cm³/mol. The number of nitrogen functional groups attached to an aromatic ring is 1. The van der Waals surface area contributed by atoms with Gasteiger partial charge in [0.05, 0.1) is 29.3 Å². The lowest BCUT2D eigenvalue weighted by atomic mass is 10.2. The molecule has 0 radical (unpaired) electrons. The smallest absolute Gasteiger partial charge is 0.319 e. The summed E-state index contributed by atoms with van der Waals surface area (Å²) in [6, 6.07) is 5.21. The van der Waals surface area contributed by atoms with Gasteiger partial charge < -0.3 is 30.8 Å². The Balaban J connectivity index is 1.30. The van der Waals surface area contributed by atoms with E-state index in [9.17, 15) is 4.79 Å². The summed E-state index contributed by atoms with van der Waals surface area (Å²) in [4.78, 5) is 27.8. The summed E-state index contributed by atoms with van der Waals surface area (Å²) in [7, 11) is 1.48. The van der Waals surface area contributed by atoms with Crippen molar-refractivity contribution in [3.05, 3.63) is 36.2 Å². The van der Waals surface area contributed by atoms with Gasteiger partial charge in [-0.3, -0.25) is 0 Å². The van der Waals surface area contributed by atoms with Crippen molar-refractivity contribution >= 4 is 29.4 Å². The quantitative estimate of drug-likeness (QED) is 0.447. The second kappa shape index (κ2) is 10.2. The highest BCUT2D eigenvalue weighted by atomic mass is 16.6. The number of oxime groups is 1. The second-order valence-electron chi connectivity index (χ2n) is 7.99. The molecule has 1 saturated heterocycles. The summed E-state index contributed by atoms with van der Waals surface area (Å²) < 4.78 is 5.86. The largest absolute Gasteiger partial charge is 0.474 e. The maximum Gasteiger partial charge on any atom is 0.319 e. The Morgan fingerprint density at radius 3 is 2.84 bits per heavy atom. The van der Waals surface area contributed by atoms with E-state index in [-0.39, 0.29) is 18.2 Å². The monoisotopic (exact) mass is 439 g/mol. The molecule has 170 valence electrons. The standard InChI is InChI=1S/C22H29N7O3/c1-31-26-13-18-19(8-10-24-21(18)23)29-11-9-16(14-29)28-22(30)27-15-6-7-20(25-12-15)32-17-4-2-3-5-17/h6-8,10,12-13,16-17H,2-5,9,11,14H2,1H3,(H2,23,24)(H2,27,28,30)/b26-13-. The van der Waals surface area contributed by atoms with Crippen LogP contribution in [0.25, 0.3) is 0 Å². The summed E-state index contributed by atoms with van der Waals surface area (Å²) in [5, 5.41) is 9.68. The van der Waals surface area contributed by atoms with Crippen molar-refractivity contribution in [1.29, 1.82) is 0 Å². The topological polar surface area (TPSA) is 127 Å². The Morgan fingerprint density at radius 1 is 1.25 bits per heavy atom. The molecule has 0 spiro atoms. The number of carbonyl (C=O) groups excluding carboxylic acids is 1. The first kappa shape index (κ1) is 21.7. The van der Waals surface area contributed by atoms with Gasteiger partial charge in [-0.2, -0.15) is 0 Å². The van der Waals surface area contributed by atoms with Crippen LogP contribution >= 0.6 is 0 Å². The molecule has 10 heteroatoms. The lowest BCUT2D eigenvalue weighted by Crippen LogP contribution is -2.39. The zero-order valence-electron chi connectivity index (χ0n) is 18.2. The van der Waals surface area contributed by atoms with Crippen LogP contribution in [0.15, 0.2) is 35.7 Å². The Bertz CT molecular complexity index is 945. The van der Waals surface area contributed by atoms with Gasteiger partial charge in [0.2, 0.25) is 5.88 Å². The average Bonchev–Trinajstić information content (AvgIpc) is 3.46. The summed E-state index contributed by atoms with van der Waals surface area (Å²) in [5.41, 5.74) is 8.24. The fourth-order valence-electron chi connectivity index (χ4n) is 4.14. The third-order valence-corrected chi connectivity index (χ3v) is 5.73. The lowest BCUT2D eigenvalue weighted by molar-refractivity contribution is 0.201. The number of rotatable bonds is 7. The molecule has 4 N–H and O–H groups in total. The minimum atomic E-state index is -0.265. The molecule has 10 nitrogen and oxygen atoms in total. The van der Waals surface area contributed by atoms with E-state index in [0.29, 0.717) is 29.5 Å². The Hall–Kier alpha value is -3.56. The van der Waals surface area contributed by atoms with Crippen LogP contribution in [-0.2, 0) is 4.84 Å². The molecule has 2 aliphatic rings. The van der Waals surface area contributed by atoms with E-state index in [2.05, 4.69) is 30.7 Å². The number of nitrogens with two attached hydrogens (primary N) is 1. The first-order valence-electron chi connectivity index (χ1n) is 10.9.